The van der Waals surface area contributed by atoms with Crippen molar-refractivity contribution in [2.45, 2.75) is 17.9 Å². The zero-order valence-electron chi connectivity index (χ0n) is 17.3. The fraction of sp³-hybridized carbons (Fsp3) is 0.154. The van der Waals surface area contributed by atoms with Crippen molar-refractivity contribution in [1.82, 2.24) is 4.90 Å². The van der Waals surface area contributed by atoms with Gasteiger partial charge in [-0.1, -0.05) is 66.4 Å². The lowest BCUT2D eigenvalue weighted by molar-refractivity contribution is -0.131. The van der Waals surface area contributed by atoms with E-state index in [-0.39, 0.29) is 24.2 Å². The molecule has 2 amide bonds. The van der Waals surface area contributed by atoms with Crippen molar-refractivity contribution in [3.05, 3.63) is 100 Å². The number of amides is 2. The van der Waals surface area contributed by atoms with Crippen molar-refractivity contribution in [3.63, 3.8) is 0 Å². The maximum atomic E-state index is 14.2. The van der Waals surface area contributed by atoms with Crippen LogP contribution in [-0.2, 0) is 22.6 Å². The second-order valence-corrected chi connectivity index (χ2v) is 8.91. The highest BCUT2D eigenvalue weighted by Gasteiger charge is 2.32. The van der Waals surface area contributed by atoms with Crippen molar-refractivity contribution >= 4 is 35.3 Å². The Labute approximate surface area is 190 Å². The number of hydrogen-bond donors (Lipinski definition) is 0. The molecule has 0 spiro atoms. The molecule has 0 saturated heterocycles. The number of benzene rings is 3. The normalized spacial score (nSPS) is 16.7. The summed E-state index contributed by atoms with van der Waals surface area (Å²) >= 11 is 1.30. The van der Waals surface area contributed by atoms with Crippen molar-refractivity contribution in [1.29, 1.82) is 0 Å². The molecule has 0 atom stereocenters. The van der Waals surface area contributed by atoms with Gasteiger partial charge in [0.15, 0.2) is 0 Å². The third-order valence-corrected chi connectivity index (χ3v) is 6.88. The first-order valence-electron chi connectivity index (χ1n) is 10.5. The molecular weight excluding hydrogens is 423 g/mol. The van der Waals surface area contributed by atoms with Crippen LogP contribution in [0.3, 0.4) is 0 Å². The maximum absolute atomic E-state index is 14.2. The zero-order valence-corrected chi connectivity index (χ0v) is 18.1. The van der Waals surface area contributed by atoms with E-state index in [1.807, 2.05) is 42.5 Å². The van der Waals surface area contributed by atoms with Gasteiger partial charge in [-0.05, 0) is 41.8 Å². The van der Waals surface area contributed by atoms with Gasteiger partial charge >= 0.3 is 0 Å². The van der Waals surface area contributed by atoms with E-state index in [0.29, 0.717) is 29.2 Å². The topological polar surface area (TPSA) is 40.6 Å². The summed E-state index contributed by atoms with van der Waals surface area (Å²) in [6.07, 6.45) is 2.37. The Morgan fingerprint density at radius 2 is 1.69 bits per heavy atom. The van der Waals surface area contributed by atoms with E-state index in [0.717, 1.165) is 16.9 Å². The van der Waals surface area contributed by atoms with E-state index in [2.05, 4.69) is 6.07 Å². The lowest BCUT2D eigenvalue weighted by atomic mass is 10.00. The molecule has 0 bridgehead atoms. The van der Waals surface area contributed by atoms with Gasteiger partial charge in [0.2, 0.25) is 5.91 Å². The van der Waals surface area contributed by atoms with Crippen LogP contribution in [0.5, 0.6) is 0 Å². The molecule has 4 nitrogen and oxygen atoms in total. The van der Waals surface area contributed by atoms with E-state index in [9.17, 15) is 14.0 Å². The van der Waals surface area contributed by atoms with Crippen LogP contribution in [0.2, 0.25) is 0 Å². The van der Waals surface area contributed by atoms with Crippen LogP contribution in [0.1, 0.15) is 16.7 Å². The summed E-state index contributed by atoms with van der Waals surface area (Å²) in [5.41, 5.74) is 3.47. The molecule has 0 N–H and O–H groups in total. The van der Waals surface area contributed by atoms with Crippen LogP contribution >= 0.6 is 11.8 Å². The third-order valence-electron chi connectivity index (χ3n) is 5.80. The van der Waals surface area contributed by atoms with Crippen molar-refractivity contribution in [2.24, 2.45) is 0 Å². The fourth-order valence-electron chi connectivity index (χ4n) is 4.10. The van der Waals surface area contributed by atoms with Crippen molar-refractivity contribution < 1.29 is 14.0 Å². The lowest BCUT2D eigenvalue weighted by Gasteiger charge is -2.34. The largest absolute Gasteiger partial charge is 0.336 e. The number of carbonyl (C=O) groups is 2. The molecule has 0 aromatic heterocycles. The smallest absolute Gasteiger partial charge is 0.265 e. The number of hydrogen-bond acceptors (Lipinski definition) is 3. The standard InChI is InChI=1S/C26H21FN2O2S/c27-21-10-4-3-8-19(21)15-24-26(31)29(22-11-5-6-12-23(22)32-24)17-25(30)28-14-13-18-7-1-2-9-20(18)16-28/h1-12,15H,13-14,16-17H2/b24-15-. The van der Waals surface area contributed by atoms with Crippen LogP contribution < -0.4 is 4.90 Å². The highest BCUT2D eigenvalue weighted by molar-refractivity contribution is 8.04. The molecule has 5 rings (SSSR count). The van der Waals surface area contributed by atoms with Gasteiger partial charge in [-0.3, -0.25) is 14.5 Å². The molecule has 0 radical (unpaired) electrons. The number of fused-ring (bicyclic) bond motifs is 2. The van der Waals surface area contributed by atoms with Crippen LogP contribution in [0, 0.1) is 5.82 Å². The van der Waals surface area contributed by atoms with Gasteiger partial charge in [-0.15, -0.1) is 0 Å². The molecule has 3 aromatic carbocycles. The van der Waals surface area contributed by atoms with Crippen LogP contribution in [0.25, 0.3) is 6.08 Å². The third kappa shape index (κ3) is 3.94. The average Bonchev–Trinajstić information content (AvgIpc) is 2.82. The fourth-order valence-corrected chi connectivity index (χ4v) is 5.15. The maximum Gasteiger partial charge on any atom is 0.265 e. The minimum absolute atomic E-state index is 0.0484. The summed E-state index contributed by atoms with van der Waals surface area (Å²) < 4.78 is 14.2. The average molecular weight is 445 g/mol. The first-order valence-corrected chi connectivity index (χ1v) is 11.3. The number of halogens is 1. The highest BCUT2D eigenvalue weighted by Crippen LogP contribution is 2.42. The predicted molar refractivity (Wildman–Crippen MR) is 125 cm³/mol. The van der Waals surface area contributed by atoms with Gasteiger partial charge < -0.3 is 4.90 Å². The van der Waals surface area contributed by atoms with E-state index < -0.39 is 0 Å². The van der Waals surface area contributed by atoms with Crippen LogP contribution in [0.15, 0.2) is 82.6 Å². The SMILES string of the molecule is O=C(CN1C(=O)/C(=C/c2ccccc2F)Sc2ccccc21)N1CCc2ccccc2C1. The molecule has 2 aliphatic heterocycles. The van der Waals surface area contributed by atoms with Gasteiger partial charge in [0.05, 0.1) is 10.6 Å². The second kappa shape index (κ2) is 8.63. The van der Waals surface area contributed by atoms with E-state index in [4.69, 9.17) is 0 Å². The first-order chi connectivity index (χ1) is 15.6. The summed E-state index contributed by atoms with van der Waals surface area (Å²) in [5, 5.41) is 0. The number of carbonyl (C=O) groups excluding carboxylic acids is 2. The summed E-state index contributed by atoms with van der Waals surface area (Å²) in [7, 11) is 0. The second-order valence-electron chi connectivity index (χ2n) is 7.83. The Morgan fingerprint density at radius 1 is 0.969 bits per heavy atom. The number of anilines is 1. The van der Waals surface area contributed by atoms with E-state index in [1.54, 1.807) is 29.2 Å². The molecule has 2 aliphatic rings. The van der Waals surface area contributed by atoms with Crippen molar-refractivity contribution in [2.75, 3.05) is 18.0 Å². The summed E-state index contributed by atoms with van der Waals surface area (Å²) in [6, 6.07) is 22.0. The number of nitrogens with zero attached hydrogens (tertiary/aromatic N) is 2. The van der Waals surface area contributed by atoms with Gasteiger partial charge in [-0.25, -0.2) is 4.39 Å². The van der Waals surface area contributed by atoms with Crippen molar-refractivity contribution in [3.8, 4) is 0 Å². The minimum atomic E-state index is -0.387. The monoisotopic (exact) mass is 444 g/mol. The Morgan fingerprint density at radius 3 is 2.53 bits per heavy atom. The molecule has 3 aromatic rings. The Bertz CT molecular complexity index is 1240. The molecule has 0 fully saturated rings. The van der Waals surface area contributed by atoms with E-state index >= 15 is 0 Å². The van der Waals surface area contributed by atoms with Crippen LogP contribution in [-0.4, -0.2) is 29.8 Å². The van der Waals surface area contributed by atoms with Gasteiger partial charge in [-0.2, -0.15) is 0 Å². The molecule has 0 saturated carbocycles. The number of para-hydroxylation sites is 1. The first kappa shape index (κ1) is 20.5. The molecule has 0 aliphatic carbocycles. The van der Waals surface area contributed by atoms with Gasteiger partial charge in [0.25, 0.3) is 5.91 Å². The minimum Gasteiger partial charge on any atom is -0.336 e. The molecule has 160 valence electrons. The van der Waals surface area contributed by atoms with Crippen LogP contribution in [0.4, 0.5) is 10.1 Å². The Kier molecular flexibility index (Phi) is 5.53. The molecular formula is C26H21FN2O2S. The Hall–Kier alpha value is -3.38. The molecule has 2 heterocycles. The quantitative estimate of drug-likeness (QED) is 0.540. The lowest BCUT2D eigenvalue weighted by Crippen LogP contribution is -2.45. The molecule has 0 unspecified atom stereocenters. The van der Waals surface area contributed by atoms with Gasteiger partial charge in [0.1, 0.15) is 12.4 Å². The van der Waals surface area contributed by atoms with E-state index in [1.165, 1.54) is 28.3 Å². The predicted octanol–water partition coefficient (Wildman–Crippen LogP) is 4.89. The zero-order chi connectivity index (χ0) is 22.1. The summed E-state index contributed by atoms with van der Waals surface area (Å²) in [5.74, 6) is -0.774. The molecule has 32 heavy (non-hydrogen) atoms. The highest BCUT2D eigenvalue weighted by atomic mass is 32.2. The summed E-state index contributed by atoms with van der Waals surface area (Å²) in [4.78, 5) is 31.1. The Balaban J connectivity index is 1.43. The summed E-state index contributed by atoms with van der Waals surface area (Å²) in [6.45, 7) is 1.13. The number of thioether (sulfide) groups is 1. The van der Waals surface area contributed by atoms with Gasteiger partial charge in [0, 0.05) is 23.5 Å². The number of rotatable bonds is 3. The molecule has 6 heteroatoms.